The van der Waals surface area contributed by atoms with Crippen LogP contribution in [-0.2, 0) is 0 Å². The lowest BCUT2D eigenvalue weighted by molar-refractivity contribution is 0.0214. The van der Waals surface area contributed by atoms with E-state index in [4.69, 9.17) is 21.1 Å². The second-order valence-electron chi connectivity index (χ2n) is 3.87. The number of ether oxygens (including phenoxy) is 2. The molecule has 0 saturated heterocycles. The predicted molar refractivity (Wildman–Crippen MR) is 59.4 cm³/mol. The molecule has 0 saturated carbocycles. The molecule has 1 aliphatic rings. The van der Waals surface area contributed by atoms with E-state index in [1.807, 2.05) is 19.9 Å². The van der Waals surface area contributed by atoms with Gasteiger partial charge in [-0.1, -0.05) is 27.5 Å². The maximum Gasteiger partial charge on any atom is 0.180 e. The Balaban J connectivity index is 2.47. The summed E-state index contributed by atoms with van der Waals surface area (Å²) in [6.45, 7) is 4.47. The van der Waals surface area contributed by atoms with E-state index in [0.29, 0.717) is 23.1 Å². The summed E-state index contributed by atoms with van der Waals surface area (Å²) < 4.78 is 12.2. The lowest BCUT2D eigenvalue weighted by Gasteiger charge is -2.33. The molecule has 14 heavy (non-hydrogen) atoms. The van der Waals surface area contributed by atoms with Crippen molar-refractivity contribution >= 4 is 27.5 Å². The molecule has 0 N–H and O–H groups in total. The zero-order valence-corrected chi connectivity index (χ0v) is 10.3. The quantitative estimate of drug-likeness (QED) is 0.720. The summed E-state index contributed by atoms with van der Waals surface area (Å²) in [4.78, 5) is 0. The number of benzene rings is 1. The van der Waals surface area contributed by atoms with Gasteiger partial charge in [0, 0.05) is 4.47 Å². The van der Waals surface area contributed by atoms with Crippen LogP contribution in [0.15, 0.2) is 16.6 Å². The van der Waals surface area contributed by atoms with Crippen LogP contribution in [0.3, 0.4) is 0 Å². The van der Waals surface area contributed by atoms with Gasteiger partial charge in [0.2, 0.25) is 0 Å². The van der Waals surface area contributed by atoms with Crippen LogP contribution in [0.25, 0.3) is 0 Å². The molecule has 76 valence electrons. The van der Waals surface area contributed by atoms with Gasteiger partial charge in [-0.25, -0.2) is 0 Å². The largest absolute Gasteiger partial charge is 0.485 e. The van der Waals surface area contributed by atoms with E-state index in [2.05, 4.69) is 15.9 Å². The molecule has 0 aliphatic carbocycles. The molecular weight excluding hydrogens is 267 g/mol. The maximum absolute atomic E-state index is 6.04. The van der Waals surface area contributed by atoms with Crippen molar-refractivity contribution in [3.63, 3.8) is 0 Å². The Morgan fingerprint density at radius 1 is 1.43 bits per heavy atom. The van der Waals surface area contributed by atoms with Crippen molar-refractivity contribution in [2.75, 3.05) is 6.61 Å². The Kier molecular flexibility index (Phi) is 2.40. The molecule has 2 nitrogen and oxygen atoms in total. The summed E-state index contributed by atoms with van der Waals surface area (Å²) in [5.74, 6) is 1.33. The molecule has 0 bridgehead atoms. The van der Waals surface area contributed by atoms with E-state index in [1.165, 1.54) is 0 Å². The highest BCUT2D eigenvalue weighted by Crippen LogP contribution is 2.42. The van der Waals surface area contributed by atoms with Crippen molar-refractivity contribution < 1.29 is 9.47 Å². The highest BCUT2D eigenvalue weighted by Gasteiger charge is 2.29. The molecule has 0 atom stereocenters. The molecule has 1 aliphatic heterocycles. The number of hydrogen-bond acceptors (Lipinski definition) is 2. The van der Waals surface area contributed by atoms with Crippen LogP contribution < -0.4 is 9.47 Å². The van der Waals surface area contributed by atoms with Crippen LogP contribution in [0.5, 0.6) is 11.5 Å². The van der Waals surface area contributed by atoms with E-state index < -0.39 is 0 Å². The SMILES string of the molecule is CC1(C)COc2cc(Br)cc(Cl)c2O1. The second-order valence-corrected chi connectivity index (χ2v) is 5.19. The third kappa shape index (κ3) is 1.84. The van der Waals surface area contributed by atoms with Gasteiger partial charge >= 0.3 is 0 Å². The first-order valence-corrected chi connectivity index (χ1v) is 5.46. The van der Waals surface area contributed by atoms with E-state index in [9.17, 15) is 0 Å². The normalized spacial score (nSPS) is 18.0. The fourth-order valence-corrected chi connectivity index (χ4v) is 2.12. The molecule has 1 aromatic rings. The van der Waals surface area contributed by atoms with Crippen molar-refractivity contribution in [1.29, 1.82) is 0 Å². The van der Waals surface area contributed by atoms with Crippen molar-refractivity contribution in [1.82, 2.24) is 0 Å². The minimum absolute atomic E-state index is 0.315. The fraction of sp³-hybridized carbons (Fsp3) is 0.400. The molecule has 0 amide bonds. The summed E-state index contributed by atoms with van der Waals surface area (Å²) in [6.07, 6.45) is 0. The van der Waals surface area contributed by atoms with Gasteiger partial charge in [-0.15, -0.1) is 0 Å². The predicted octanol–water partition coefficient (Wildman–Crippen LogP) is 3.65. The zero-order chi connectivity index (χ0) is 10.3. The van der Waals surface area contributed by atoms with Gasteiger partial charge in [0.05, 0.1) is 5.02 Å². The average Bonchev–Trinajstić information content (AvgIpc) is 2.06. The molecule has 0 fully saturated rings. The van der Waals surface area contributed by atoms with Crippen molar-refractivity contribution in [2.45, 2.75) is 19.4 Å². The molecule has 0 aromatic heterocycles. The van der Waals surface area contributed by atoms with Gasteiger partial charge in [-0.2, -0.15) is 0 Å². The number of fused-ring (bicyclic) bond motifs is 1. The smallest absolute Gasteiger partial charge is 0.180 e. The van der Waals surface area contributed by atoms with Gasteiger partial charge in [0.25, 0.3) is 0 Å². The molecule has 4 heteroatoms. The molecule has 0 spiro atoms. The second kappa shape index (κ2) is 3.31. The van der Waals surface area contributed by atoms with Crippen molar-refractivity contribution in [2.24, 2.45) is 0 Å². The molecule has 2 rings (SSSR count). The number of hydrogen-bond donors (Lipinski definition) is 0. The minimum Gasteiger partial charge on any atom is -0.485 e. The third-order valence-corrected chi connectivity index (χ3v) is 2.67. The maximum atomic E-state index is 6.04. The Bertz CT molecular complexity index is 377. The Morgan fingerprint density at radius 3 is 2.86 bits per heavy atom. The summed E-state index contributed by atoms with van der Waals surface area (Å²) in [5.41, 5.74) is -0.315. The first kappa shape index (κ1) is 10.1. The summed E-state index contributed by atoms with van der Waals surface area (Å²) >= 11 is 9.39. The first-order chi connectivity index (χ1) is 6.48. The molecule has 1 heterocycles. The summed E-state index contributed by atoms with van der Waals surface area (Å²) in [7, 11) is 0. The van der Waals surface area contributed by atoms with E-state index in [0.717, 1.165) is 4.47 Å². The van der Waals surface area contributed by atoms with Crippen LogP contribution in [0.1, 0.15) is 13.8 Å². The highest BCUT2D eigenvalue weighted by atomic mass is 79.9. The topological polar surface area (TPSA) is 18.5 Å². The van der Waals surface area contributed by atoms with Crippen LogP contribution in [0, 0.1) is 0 Å². The van der Waals surface area contributed by atoms with Crippen LogP contribution in [0.4, 0.5) is 0 Å². The lowest BCUT2D eigenvalue weighted by Crippen LogP contribution is -2.38. The van der Waals surface area contributed by atoms with Crippen LogP contribution >= 0.6 is 27.5 Å². The third-order valence-electron chi connectivity index (χ3n) is 1.93. The molecule has 0 unspecified atom stereocenters. The number of halogens is 2. The monoisotopic (exact) mass is 276 g/mol. The van der Waals surface area contributed by atoms with E-state index in [1.54, 1.807) is 6.07 Å². The lowest BCUT2D eigenvalue weighted by atomic mass is 10.1. The average molecular weight is 278 g/mol. The molecule has 1 aromatic carbocycles. The van der Waals surface area contributed by atoms with Gasteiger partial charge < -0.3 is 9.47 Å². The van der Waals surface area contributed by atoms with Crippen LogP contribution in [-0.4, -0.2) is 12.2 Å². The Morgan fingerprint density at radius 2 is 2.14 bits per heavy atom. The van der Waals surface area contributed by atoms with E-state index >= 15 is 0 Å². The van der Waals surface area contributed by atoms with Crippen molar-refractivity contribution in [3.8, 4) is 11.5 Å². The standard InChI is InChI=1S/C10H10BrClO2/c1-10(2)5-13-8-4-6(11)3-7(12)9(8)14-10/h3-4H,5H2,1-2H3. The highest BCUT2D eigenvalue weighted by molar-refractivity contribution is 9.10. The summed E-state index contributed by atoms with van der Waals surface area (Å²) in [5, 5.41) is 0.571. The fourth-order valence-electron chi connectivity index (χ4n) is 1.30. The zero-order valence-electron chi connectivity index (χ0n) is 7.93. The van der Waals surface area contributed by atoms with Crippen LogP contribution in [0.2, 0.25) is 5.02 Å². The van der Waals surface area contributed by atoms with Gasteiger partial charge in [-0.05, 0) is 26.0 Å². The molecular formula is C10H10BrClO2. The van der Waals surface area contributed by atoms with Crippen molar-refractivity contribution in [3.05, 3.63) is 21.6 Å². The summed E-state index contributed by atoms with van der Waals surface area (Å²) in [6, 6.07) is 3.65. The minimum atomic E-state index is -0.315. The van der Waals surface area contributed by atoms with Gasteiger partial charge in [0.15, 0.2) is 11.5 Å². The Labute approximate surface area is 96.3 Å². The first-order valence-electron chi connectivity index (χ1n) is 4.29. The number of rotatable bonds is 0. The molecule has 0 radical (unpaired) electrons. The van der Waals surface area contributed by atoms with Gasteiger partial charge in [-0.3, -0.25) is 0 Å². The van der Waals surface area contributed by atoms with E-state index in [-0.39, 0.29) is 5.60 Å². The van der Waals surface area contributed by atoms with Gasteiger partial charge in [0.1, 0.15) is 12.2 Å². The Hall–Kier alpha value is -0.410.